The molecule has 0 heterocycles. The van der Waals surface area contributed by atoms with E-state index in [0.29, 0.717) is 11.4 Å². The first-order valence-corrected chi connectivity index (χ1v) is 9.06. The lowest BCUT2D eigenvalue weighted by Crippen LogP contribution is -2.44. The fourth-order valence-corrected chi connectivity index (χ4v) is 3.24. The molecule has 2 aromatic carbocycles. The van der Waals surface area contributed by atoms with Gasteiger partial charge in [0.1, 0.15) is 6.54 Å². The number of hydrogen-bond acceptors (Lipinski definition) is 4. The molecule has 0 aliphatic rings. The summed E-state index contributed by atoms with van der Waals surface area (Å²) in [5.74, 6) is -1.18. The number of rotatable bonds is 7. The first kappa shape index (κ1) is 19.4. The van der Waals surface area contributed by atoms with E-state index in [9.17, 15) is 18.0 Å². The van der Waals surface area contributed by atoms with Gasteiger partial charge in [0.2, 0.25) is 11.8 Å². The summed E-state index contributed by atoms with van der Waals surface area (Å²) >= 11 is 0. The number of anilines is 2. The Hall–Kier alpha value is -2.91. The van der Waals surface area contributed by atoms with Gasteiger partial charge in [-0.3, -0.25) is 9.59 Å². The Balaban J connectivity index is 2.24. The molecule has 9 heteroatoms. The molecule has 0 aliphatic heterocycles. The van der Waals surface area contributed by atoms with E-state index in [1.54, 1.807) is 42.5 Å². The van der Waals surface area contributed by atoms with Gasteiger partial charge in [-0.1, -0.05) is 24.3 Å². The molecule has 8 nitrogen and oxygen atoms in total. The van der Waals surface area contributed by atoms with Gasteiger partial charge in [-0.15, -0.1) is 0 Å². The summed E-state index contributed by atoms with van der Waals surface area (Å²) in [5.41, 5.74) is 6.17. The van der Waals surface area contributed by atoms with Gasteiger partial charge >= 0.3 is 10.2 Å². The molecule has 0 atom stereocenters. The molecule has 0 fully saturated rings. The van der Waals surface area contributed by atoms with Crippen LogP contribution in [0.5, 0.6) is 0 Å². The van der Waals surface area contributed by atoms with Gasteiger partial charge in [-0.05, 0) is 30.3 Å². The molecule has 3 N–H and O–H groups in total. The quantitative estimate of drug-likeness (QED) is 0.751. The lowest BCUT2D eigenvalue weighted by molar-refractivity contribution is -0.114. The Labute approximate surface area is 152 Å². The van der Waals surface area contributed by atoms with Gasteiger partial charge in [0.25, 0.3) is 0 Å². The number of hydrogen-bond donors (Lipinski definition) is 2. The largest absolute Gasteiger partial charge is 0.366 e. The smallest absolute Gasteiger partial charge is 0.304 e. The number of nitrogens with zero attached hydrogens (tertiary/aromatic N) is 2. The predicted octanol–water partition coefficient (Wildman–Crippen LogP) is 1.04. The zero-order valence-electron chi connectivity index (χ0n) is 14.4. The van der Waals surface area contributed by atoms with E-state index in [0.717, 1.165) is 8.61 Å². The topological polar surface area (TPSA) is 113 Å². The number of nitrogens with two attached hydrogens (primary N) is 1. The molecule has 0 unspecified atom stereocenters. The Morgan fingerprint density at radius 2 is 1.69 bits per heavy atom. The summed E-state index contributed by atoms with van der Waals surface area (Å²) in [7, 11) is -1.09. The van der Waals surface area contributed by atoms with Crippen molar-refractivity contribution < 1.29 is 18.0 Å². The molecule has 0 aliphatic carbocycles. The standard InChI is InChI=1S/C17H20N4O4S/c1-20(2)26(24,25)21(15-9-4-3-5-10-15)12-16(22)19-14-8-6-7-13(11-14)17(18)23/h3-11H,12H2,1-2H3,(H2,18,23)(H,19,22). The summed E-state index contributed by atoms with van der Waals surface area (Å²) in [5, 5.41) is 2.58. The number of amides is 2. The fraction of sp³-hybridized carbons (Fsp3) is 0.176. The highest BCUT2D eigenvalue weighted by molar-refractivity contribution is 7.90. The van der Waals surface area contributed by atoms with E-state index in [4.69, 9.17) is 5.73 Å². The molecule has 2 amide bonds. The Bertz CT molecular complexity index is 898. The SMILES string of the molecule is CN(C)S(=O)(=O)N(CC(=O)Nc1cccc(C(N)=O)c1)c1ccccc1. The summed E-state index contributed by atoms with van der Waals surface area (Å²) < 4.78 is 27.2. The first-order valence-electron chi connectivity index (χ1n) is 7.67. The molecule has 0 bridgehead atoms. The van der Waals surface area contributed by atoms with Crippen molar-refractivity contribution >= 4 is 33.4 Å². The average molecular weight is 376 g/mol. The molecular weight excluding hydrogens is 356 g/mol. The van der Waals surface area contributed by atoms with E-state index in [1.165, 1.54) is 26.2 Å². The van der Waals surface area contributed by atoms with Crippen molar-refractivity contribution in [3.63, 3.8) is 0 Å². The van der Waals surface area contributed by atoms with Crippen LogP contribution in [0.25, 0.3) is 0 Å². The van der Waals surface area contributed by atoms with Crippen molar-refractivity contribution in [3.8, 4) is 0 Å². The number of nitrogens with one attached hydrogen (secondary N) is 1. The minimum Gasteiger partial charge on any atom is -0.366 e. The minimum absolute atomic E-state index is 0.239. The number of benzene rings is 2. The molecule has 26 heavy (non-hydrogen) atoms. The Morgan fingerprint density at radius 1 is 1.04 bits per heavy atom. The summed E-state index contributed by atoms with van der Waals surface area (Å²) in [6, 6.07) is 14.4. The molecular formula is C17H20N4O4S. The van der Waals surface area contributed by atoms with Gasteiger partial charge in [0, 0.05) is 25.3 Å². The van der Waals surface area contributed by atoms with Gasteiger partial charge < -0.3 is 11.1 Å². The van der Waals surface area contributed by atoms with Crippen LogP contribution < -0.4 is 15.4 Å². The van der Waals surface area contributed by atoms with E-state index in [2.05, 4.69) is 5.32 Å². The third-order valence-electron chi connectivity index (χ3n) is 3.50. The molecule has 0 saturated heterocycles. The molecule has 0 saturated carbocycles. The maximum Gasteiger partial charge on any atom is 0.304 e. The molecule has 2 aromatic rings. The normalized spacial score (nSPS) is 11.2. The van der Waals surface area contributed by atoms with Crippen LogP contribution >= 0.6 is 0 Å². The number of primary amides is 1. The highest BCUT2D eigenvalue weighted by Gasteiger charge is 2.27. The van der Waals surface area contributed by atoms with Crippen LogP contribution in [0.3, 0.4) is 0 Å². The lowest BCUT2D eigenvalue weighted by atomic mass is 10.2. The molecule has 2 rings (SSSR count). The van der Waals surface area contributed by atoms with Gasteiger partial charge in [-0.25, -0.2) is 4.31 Å². The average Bonchev–Trinajstić information content (AvgIpc) is 2.60. The van der Waals surface area contributed by atoms with Crippen molar-refractivity contribution in [2.45, 2.75) is 0 Å². The number of para-hydroxylation sites is 1. The highest BCUT2D eigenvalue weighted by Crippen LogP contribution is 2.19. The number of carbonyl (C=O) groups excluding carboxylic acids is 2. The van der Waals surface area contributed by atoms with E-state index in [1.807, 2.05) is 0 Å². The maximum atomic E-state index is 12.6. The summed E-state index contributed by atoms with van der Waals surface area (Å²) in [6.45, 7) is -0.425. The first-order chi connectivity index (χ1) is 12.2. The van der Waals surface area contributed by atoms with Crippen molar-refractivity contribution in [3.05, 3.63) is 60.2 Å². The third-order valence-corrected chi connectivity index (χ3v) is 5.32. The van der Waals surface area contributed by atoms with Crippen LogP contribution in [-0.2, 0) is 15.0 Å². The van der Waals surface area contributed by atoms with Crippen LogP contribution in [0.1, 0.15) is 10.4 Å². The van der Waals surface area contributed by atoms with E-state index < -0.39 is 28.6 Å². The van der Waals surface area contributed by atoms with Crippen LogP contribution in [0.15, 0.2) is 54.6 Å². The Morgan fingerprint density at radius 3 is 2.27 bits per heavy atom. The zero-order valence-corrected chi connectivity index (χ0v) is 15.2. The summed E-state index contributed by atoms with van der Waals surface area (Å²) in [4.78, 5) is 23.6. The second kappa shape index (κ2) is 7.98. The predicted molar refractivity (Wildman–Crippen MR) is 100.0 cm³/mol. The van der Waals surface area contributed by atoms with Crippen LogP contribution in [-0.4, -0.2) is 45.2 Å². The zero-order chi connectivity index (χ0) is 19.3. The van der Waals surface area contributed by atoms with Gasteiger partial charge in [-0.2, -0.15) is 12.7 Å². The van der Waals surface area contributed by atoms with Gasteiger partial charge in [0.15, 0.2) is 0 Å². The van der Waals surface area contributed by atoms with Crippen molar-refractivity contribution in [2.24, 2.45) is 5.73 Å². The fourth-order valence-electron chi connectivity index (χ4n) is 2.18. The molecule has 138 valence electrons. The second-order valence-corrected chi connectivity index (χ2v) is 7.69. The highest BCUT2D eigenvalue weighted by atomic mass is 32.2. The minimum atomic E-state index is -3.87. The van der Waals surface area contributed by atoms with Crippen LogP contribution in [0.2, 0.25) is 0 Å². The lowest BCUT2D eigenvalue weighted by Gasteiger charge is -2.26. The molecule has 0 radical (unpaired) electrons. The Kier molecular flexibility index (Phi) is 5.96. The maximum absolute atomic E-state index is 12.6. The monoisotopic (exact) mass is 376 g/mol. The molecule has 0 aromatic heterocycles. The van der Waals surface area contributed by atoms with E-state index >= 15 is 0 Å². The molecule has 0 spiro atoms. The summed E-state index contributed by atoms with van der Waals surface area (Å²) in [6.07, 6.45) is 0. The van der Waals surface area contributed by atoms with E-state index in [-0.39, 0.29) is 5.56 Å². The third kappa shape index (κ3) is 4.58. The van der Waals surface area contributed by atoms with Crippen molar-refractivity contribution in [2.75, 3.05) is 30.3 Å². The van der Waals surface area contributed by atoms with Crippen molar-refractivity contribution in [1.29, 1.82) is 0 Å². The van der Waals surface area contributed by atoms with Gasteiger partial charge in [0.05, 0.1) is 5.69 Å². The van der Waals surface area contributed by atoms with Crippen LogP contribution in [0.4, 0.5) is 11.4 Å². The van der Waals surface area contributed by atoms with Crippen LogP contribution in [0, 0.1) is 0 Å². The number of carbonyl (C=O) groups is 2. The second-order valence-electron chi connectivity index (χ2n) is 5.63. The van der Waals surface area contributed by atoms with Crippen molar-refractivity contribution in [1.82, 2.24) is 4.31 Å².